The van der Waals surface area contributed by atoms with Gasteiger partial charge in [0.25, 0.3) is 5.91 Å². The Hall–Kier alpha value is -2.49. The summed E-state index contributed by atoms with van der Waals surface area (Å²) in [5.41, 5.74) is 2.51. The molecule has 2 aromatic rings. The second-order valence-corrected chi connectivity index (χ2v) is 7.95. The van der Waals surface area contributed by atoms with Crippen molar-refractivity contribution in [2.45, 2.75) is 46.0 Å². The van der Waals surface area contributed by atoms with Crippen LogP contribution in [-0.2, 0) is 10.2 Å². The molecule has 0 aliphatic rings. The van der Waals surface area contributed by atoms with Gasteiger partial charge in [0.1, 0.15) is 18.1 Å². The van der Waals surface area contributed by atoms with E-state index < -0.39 is 0 Å². The standard InChI is InChI=1S/C23H31NO3/c1-17(2)20-8-6-7-9-21(20)26-15-14-24-22(25)16-27-19-12-10-18(11-13-19)23(3,4)5/h6-13,17H,14-16H2,1-5H3,(H,24,25). The van der Waals surface area contributed by atoms with E-state index in [2.05, 4.69) is 46.0 Å². The van der Waals surface area contributed by atoms with Gasteiger partial charge in [-0.05, 0) is 40.7 Å². The van der Waals surface area contributed by atoms with Gasteiger partial charge in [0, 0.05) is 0 Å². The summed E-state index contributed by atoms with van der Waals surface area (Å²) >= 11 is 0. The monoisotopic (exact) mass is 369 g/mol. The molecule has 4 heteroatoms. The molecule has 0 bridgehead atoms. The number of carbonyl (C=O) groups excluding carboxylic acids is 1. The van der Waals surface area contributed by atoms with Crippen LogP contribution in [-0.4, -0.2) is 25.7 Å². The molecule has 0 heterocycles. The van der Waals surface area contributed by atoms with Gasteiger partial charge in [-0.2, -0.15) is 0 Å². The number of rotatable bonds is 8. The Morgan fingerprint density at radius 2 is 1.67 bits per heavy atom. The first-order valence-electron chi connectivity index (χ1n) is 9.49. The zero-order valence-electron chi connectivity index (χ0n) is 17.0. The van der Waals surface area contributed by atoms with Crippen LogP contribution in [0.25, 0.3) is 0 Å². The summed E-state index contributed by atoms with van der Waals surface area (Å²) in [6.07, 6.45) is 0. The summed E-state index contributed by atoms with van der Waals surface area (Å²) in [4.78, 5) is 11.9. The topological polar surface area (TPSA) is 47.6 Å². The van der Waals surface area contributed by atoms with Crippen LogP contribution in [0.5, 0.6) is 11.5 Å². The molecule has 0 unspecified atom stereocenters. The molecule has 2 aromatic carbocycles. The van der Waals surface area contributed by atoms with Crippen molar-refractivity contribution < 1.29 is 14.3 Å². The van der Waals surface area contributed by atoms with E-state index in [9.17, 15) is 4.79 Å². The molecule has 27 heavy (non-hydrogen) atoms. The van der Waals surface area contributed by atoms with Crippen molar-refractivity contribution in [1.29, 1.82) is 0 Å². The predicted molar refractivity (Wildman–Crippen MR) is 110 cm³/mol. The Bertz CT molecular complexity index is 730. The van der Waals surface area contributed by atoms with Gasteiger partial charge in [-0.3, -0.25) is 4.79 Å². The zero-order chi connectivity index (χ0) is 19.9. The highest BCUT2D eigenvalue weighted by molar-refractivity contribution is 5.77. The first-order chi connectivity index (χ1) is 12.8. The van der Waals surface area contributed by atoms with Gasteiger partial charge < -0.3 is 14.8 Å². The minimum absolute atomic E-state index is 0.00253. The minimum Gasteiger partial charge on any atom is -0.491 e. The van der Waals surface area contributed by atoms with Gasteiger partial charge in [0.15, 0.2) is 6.61 Å². The van der Waals surface area contributed by atoms with Crippen LogP contribution in [0.1, 0.15) is 51.7 Å². The number of ether oxygens (including phenoxy) is 2. The van der Waals surface area contributed by atoms with Crippen LogP contribution in [0.3, 0.4) is 0 Å². The fourth-order valence-corrected chi connectivity index (χ4v) is 2.69. The average molecular weight is 370 g/mol. The second kappa shape index (κ2) is 9.45. The summed E-state index contributed by atoms with van der Waals surface area (Å²) in [5.74, 6) is 1.81. The molecular formula is C23H31NO3. The molecule has 2 rings (SSSR count). The first kappa shape index (κ1) is 20.8. The molecule has 1 N–H and O–H groups in total. The van der Waals surface area contributed by atoms with Crippen molar-refractivity contribution in [2.75, 3.05) is 19.8 Å². The molecule has 1 amide bonds. The lowest BCUT2D eigenvalue weighted by molar-refractivity contribution is -0.123. The van der Waals surface area contributed by atoms with Crippen molar-refractivity contribution >= 4 is 5.91 Å². The number of amides is 1. The zero-order valence-corrected chi connectivity index (χ0v) is 17.0. The van der Waals surface area contributed by atoms with Crippen LogP contribution in [0.15, 0.2) is 48.5 Å². The summed E-state index contributed by atoms with van der Waals surface area (Å²) in [6, 6.07) is 15.9. The van der Waals surface area contributed by atoms with Gasteiger partial charge >= 0.3 is 0 Å². The van der Waals surface area contributed by atoms with Gasteiger partial charge in [-0.25, -0.2) is 0 Å². The summed E-state index contributed by atoms with van der Waals surface area (Å²) in [5, 5.41) is 2.82. The Morgan fingerprint density at radius 3 is 2.30 bits per heavy atom. The predicted octanol–water partition coefficient (Wildman–Crippen LogP) is 4.68. The van der Waals surface area contributed by atoms with E-state index in [1.807, 2.05) is 42.5 Å². The molecule has 0 aliphatic carbocycles. The number of hydrogen-bond acceptors (Lipinski definition) is 3. The fraction of sp³-hybridized carbons (Fsp3) is 0.435. The normalized spacial score (nSPS) is 11.3. The summed E-state index contributed by atoms with van der Waals surface area (Å²) in [6.45, 7) is 11.6. The molecule has 0 fully saturated rings. The van der Waals surface area contributed by atoms with Crippen LogP contribution in [0, 0.1) is 0 Å². The quantitative estimate of drug-likeness (QED) is 0.687. The lowest BCUT2D eigenvalue weighted by atomic mass is 9.87. The molecule has 0 atom stereocenters. The van der Waals surface area contributed by atoms with Gasteiger partial charge in [-0.1, -0.05) is 65.0 Å². The Morgan fingerprint density at radius 1 is 1.00 bits per heavy atom. The molecule has 146 valence electrons. The second-order valence-electron chi connectivity index (χ2n) is 7.95. The third-order valence-corrected chi connectivity index (χ3v) is 4.31. The fourth-order valence-electron chi connectivity index (χ4n) is 2.69. The summed E-state index contributed by atoms with van der Waals surface area (Å²) < 4.78 is 11.3. The maximum atomic E-state index is 11.9. The number of para-hydroxylation sites is 1. The molecular weight excluding hydrogens is 338 g/mol. The average Bonchev–Trinajstić information content (AvgIpc) is 2.63. The van der Waals surface area contributed by atoms with E-state index in [1.54, 1.807) is 0 Å². The van der Waals surface area contributed by atoms with Crippen molar-refractivity contribution in [2.24, 2.45) is 0 Å². The van der Waals surface area contributed by atoms with E-state index in [0.29, 0.717) is 24.8 Å². The third-order valence-electron chi connectivity index (χ3n) is 4.31. The van der Waals surface area contributed by atoms with Gasteiger partial charge in [-0.15, -0.1) is 0 Å². The molecule has 0 saturated carbocycles. The van der Waals surface area contributed by atoms with E-state index in [-0.39, 0.29) is 17.9 Å². The molecule has 0 aliphatic heterocycles. The van der Waals surface area contributed by atoms with Crippen molar-refractivity contribution in [3.05, 3.63) is 59.7 Å². The minimum atomic E-state index is -0.157. The van der Waals surface area contributed by atoms with E-state index in [1.165, 1.54) is 11.1 Å². The number of carbonyl (C=O) groups is 1. The third kappa shape index (κ3) is 6.63. The van der Waals surface area contributed by atoms with Gasteiger partial charge in [0.2, 0.25) is 0 Å². The molecule has 0 aromatic heterocycles. The maximum Gasteiger partial charge on any atom is 0.258 e. The van der Waals surface area contributed by atoms with Crippen LogP contribution >= 0.6 is 0 Å². The molecule has 4 nitrogen and oxygen atoms in total. The van der Waals surface area contributed by atoms with Crippen LogP contribution < -0.4 is 14.8 Å². The number of hydrogen-bond donors (Lipinski definition) is 1. The van der Waals surface area contributed by atoms with Crippen molar-refractivity contribution in [3.63, 3.8) is 0 Å². The van der Waals surface area contributed by atoms with E-state index >= 15 is 0 Å². The highest BCUT2D eigenvalue weighted by Crippen LogP contribution is 2.26. The van der Waals surface area contributed by atoms with Gasteiger partial charge in [0.05, 0.1) is 6.54 Å². The molecule has 0 saturated heterocycles. The van der Waals surface area contributed by atoms with Crippen LogP contribution in [0.4, 0.5) is 0 Å². The van der Waals surface area contributed by atoms with Crippen molar-refractivity contribution in [1.82, 2.24) is 5.32 Å². The van der Waals surface area contributed by atoms with E-state index in [4.69, 9.17) is 9.47 Å². The highest BCUT2D eigenvalue weighted by atomic mass is 16.5. The maximum absolute atomic E-state index is 11.9. The first-order valence-corrected chi connectivity index (χ1v) is 9.49. The smallest absolute Gasteiger partial charge is 0.258 e. The Labute approximate surface area is 162 Å². The number of benzene rings is 2. The van der Waals surface area contributed by atoms with Crippen molar-refractivity contribution in [3.8, 4) is 11.5 Å². The number of nitrogens with one attached hydrogen (secondary N) is 1. The Kier molecular flexibility index (Phi) is 7.28. The lowest BCUT2D eigenvalue weighted by Gasteiger charge is -2.19. The summed E-state index contributed by atoms with van der Waals surface area (Å²) in [7, 11) is 0. The van der Waals surface area contributed by atoms with Crippen LogP contribution in [0.2, 0.25) is 0 Å². The molecule has 0 radical (unpaired) electrons. The SMILES string of the molecule is CC(C)c1ccccc1OCCNC(=O)COc1ccc(C(C)(C)C)cc1. The van der Waals surface area contributed by atoms with E-state index in [0.717, 1.165) is 5.75 Å². The lowest BCUT2D eigenvalue weighted by Crippen LogP contribution is -2.32. The molecule has 0 spiro atoms. The Balaban J connectivity index is 1.71. The highest BCUT2D eigenvalue weighted by Gasteiger charge is 2.13. The largest absolute Gasteiger partial charge is 0.491 e.